The van der Waals surface area contributed by atoms with Gasteiger partial charge in [-0.25, -0.2) is 4.98 Å². The molecule has 124 valence electrons. The Morgan fingerprint density at radius 1 is 1.13 bits per heavy atom. The third-order valence-corrected chi connectivity index (χ3v) is 5.70. The zero-order valence-corrected chi connectivity index (χ0v) is 15.0. The molecule has 1 fully saturated rings. The molecular formula is C19H27N3S. The largest absolute Gasteiger partial charge is 0.378 e. The highest BCUT2D eigenvalue weighted by Crippen LogP contribution is 2.28. The molecule has 0 spiro atoms. The highest BCUT2D eigenvalue weighted by Gasteiger charge is 2.13. The van der Waals surface area contributed by atoms with Gasteiger partial charge in [0.15, 0.2) is 0 Å². The third kappa shape index (κ3) is 4.55. The van der Waals surface area contributed by atoms with E-state index in [9.17, 15) is 0 Å². The van der Waals surface area contributed by atoms with Crippen LogP contribution in [0, 0.1) is 5.92 Å². The monoisotopic (exact) mass is 329 g/mol. The maximum atomic E-state index is 4.58. The topological polar surface area (TPSA) is 28.2 Å². The Morgan fingerprint density at radius 2 is 1.87 bits per heavy atom. The number of anilines is 1. The molecule has 0 radical (unpaired) electrons. The van der Waals surface area contributed by atoms with Gasteiger partial charge in [-0.2, -0.15) is 0 Å². The summed E-state index contributed by atoms with van der Waals surface area (Å²) < 4.78 is 0. The molecule has 0 saturated heterocycles. The normalized spacial score (nSPS) is 15.7. The second kappa shape index (κ2) is 7.93. The number of aromatic nitrogens is 1. The zero-order valence-electron chi connectivity index (χ0n) is 14.2. The fraction of sp³-hybridized carbons (Fsp3) is 0.526. The number of nitrogens with one attached hydrogen (secondary N) is 1. The molecule has 3 nitrogen and oxygen atoms in total. The average Bonchev–Trinajstić information content (AvgIpc) is 3.05. The van der Waals surface area contributed by atoms with Gasteiger partial charge in [-0.1, -0.05) is 31.4 Å². The number of rotatable bonds is 6. The quantitative estimate of drug-likeness (QED) is 0.843. The molecule has 0 unspecified atom stereocenters. The van der Waals surface area contributed by atoms with E-state index in [0.29, 0.717) is 0 Å². The molecule has 4 heteroatoms. The van der Waals surface area contributed by atoms with E-state index in [1.165, 1.54) is 53.2 Å². The van der Waals surface area contributed by atoms with Crippen LogP contribution in [0.1, 0.15) is 37.1 Å². The number of hydrogen-bond acceptors (Lipinski definition) is 4. The van der Waals surface area contributed by atoms with Gasteiger partial charge in [0.25, 0.3) is 0 Å². The van der Waals surface area contributed by atoms with E-state index in [0.717, 1.165) is 19.0 Å². The van der Waals surface area contributed by atoms with Crippen LogP contribution in [0.2, 0.25) is 0 Å². The molecule has 23 heavy (non-hydrogen) atoms. The molecule has 0 atom stereocenters. The van der Waals surface area contributed by atoms with Gasteiger partial charge in [0, 0.05) is 32.5 Å². The first-order valence-corrected chi connectivity index (χ1v) is 9.47. The Labute approximate surface area is 143 Å². The fourth-order valence-corrected chi connectivity index (χ4v) is 4.12. The summed E-state index contributed by atoms with van der Waals surface area (Å²) in [7, 11) is 4.13. The Kier molecular flexibility index (Phi) is 5.68. The average molecular weight is 330 g/mol. The van der Waals surface area contributed by atoms with E-state index < -0.39 is 0 Å². The summed E-state index contributed by atoms with van der Waals surface area (Å²) in [4.78, 5) is 7.95. The maximum absolute atomic E-state index is 4.58. The Hall–Kier alpha value is -1.39. The summed E-state index contributed by atoms with van der Waals surface area (Å²) in [6, 6.07) is 8.69. The zero-order chi connectivity index (χ0) is 16.1. The Bertz CT molecular complexity index is 597. The summed E-state index contributed by atoms with van der Waals surface area (Å²) >= 11 is 1.80. The first-order valence-electron chi connectivity index (χ1n) is 8.65. The molecule has 1 N–H and O–H groups in total. The van der Waals surface area contributed by atoms with Gasteiger partial charge < -0.3 is 10.2 Å². The molecule has 2 aromatic rings. The van der Waals surface area contributed by atoms with Crippen LogP contribution in [-0.4, -0.2) is 25.6 Å². The van der Waals surface area contributed by atoms with Gasteiger partial charge in [0.1, 0.15) is 5.01 Å². The predicted molar refractivity (Wildman–Crippen MR) is 100 cm³/mol. The second-order valence-corrected chi connectivity index (χ2v) is 7.81. The maximum Gasteiger partial charge on any atom is 0.107 e. The van der Waals surface area contributed by atoms with E-state index in [2.05, 4.69) is 53.6 Å². The molecule has 0 amide bonds. The summed E-state index contributed by atoms with van der Waals surface area (Å²) in [5, 5.41) is 4.79. The van der Waals surface area contributed by atoms with Gasteiger partial charge in [-0.05, 0) is 43.0 Å². The molecule has 1 saturated carbocycles. The Balaban J connectivity index is 1.53. The molecule has 1 aromatic carbocycles. The predicted octanol–water partition coefficient (Wildman–Crippen LogP) is 4.55. The molecule has 1 aromatic heterocycles. The minimum absolute atomic E-state index is 0.877. The van der Waals surface area contributed by atoms with Crippen LogP contribution in [0.4, 0.5) is 5.69 Å². The van der Waals surface area contributed by atoms with Gasteiger partial charge in [-0.3, -0.25) is 0 Å². The lowest BCUT2D eigenvalue weighted by Gasteiger charge is -2.21. The fourth-order valence-electron chi connectivity index (χ4n) is 3.22. The Morgan fingerprint density at radius 3 is 2.57 bits per heavy atom. The van der Waals surface area contributed by atoms with E-state index in [4.69, 9.17) is 0 Å². The molecule has 3 rings (SSSR count). The highest BCUT2D eigenvalue weighted by molar-refractivity contribution is 7.15. The van der Waals surface area contributed by atoms with Crippen LogP contribution in [0.25, 0.3) is 10.4 Å². The van der Waals surface area contributed by atoms with Crippen molar-refractivity contribution in [1.29, 1.82) is 0 Å². The van der Waals surface area contributed by atoms with Crippen molar-refractivity contribution in [3.05, 3.63) is 35.5 Å². The lowest BCUT2D eigenvalue weighted by Crippen LogP contribution is -2.24. The van der Waals surface area contributed by atoms with E-state index in [-0.39, 0.29) is 0 Å². The van der Waals surface area contributed by atoms with Gasteiger partial charge >= 0.3 is 0 Å². The smallest absolute Gasteiger partial charge is 0.107 e. The molecule has 1 heterocycles. The van der Waals surface area contributed by atoms with Gasteiger partial charge in [0.2, 0.25) is 0 Å². The van der Waals surface area contributed by atoms with Crippen LogP contribution < -0.4 is 10.2 Å². The minimum atomic E-state index is 0.877. The molecule has 0 aliphatic heterocycles. The molecule has 1 aliphatic carbocycles. The molecular weight excluding hydrogens is 302 g/mol. The van der Waals surface area contributed by atoms with Crippen molar-refractivity contribution in [2.45, 2.75) is 38.6 Å². The highest BCUT2D eigenvalue weighted by atomic mass is 32.1. The summed E-state index contributed by atoms with van der Waals surface area (Å²) in [6.45, 7) is 2.05. The van der Waals surface area contributed by atoms with Crippen molar-refractivity contribution in [2.75, 3.05) is 25.5 Å². The van der Waals surface area contributed by atoms with Crippen LogP contribution in [0.5, 0.6) is 0 Å². The van der Waals surface area contributed by atoms with Crippen molar-refractivity contribution in [3.63, 3.8) is 0 Å². The van der Waals surface area contributed by atoms with Crippen LogP contribution in [-0.2, 0) is 6.54 Å². The van der Waals surface area contributed by atoms with Crippen LogP contribution >= 0.6 is 11.3 Å². The number of hydrogen-bond donors (Lipinski definition) is 1. The number of nitrogens with zero attached hydrogens (tertiary/aromatic N) is 2. The number of thiazole rings is 1. The van der Waals surface area contributed by atoms with Crippen molar-refractivity contribution in [2.24, 2.45) is 5.92 Å². The van der Waals surface area contributed by atoms with Gasteiger partial charge in [0.05, 0.1) is 4.88 Å². The second-order valence-electron chi connectivity index (χ2n) is 6.69. The van der Waals surface area contributed by atoms with E-state index >= 15 is 0 Å². The first kappa shape index (κ1) is 16.5. The van der Waals surface area contributed by atoms with Crippen molar-refractivity contribution < 1.29 is 0 Å². The third-order valence-electron chi connectivity index (χ3n) is 4.66. The lowest BCUT2D eigenvalue weighted by molar-refractivity contribution is 0.342. The van der Waals surface area contributed by atoms with Crippen molar-refractivity contribution in [3.8, 4) is 10.4 Å². The minimum Gasteiger partial charge on any atom is -0.378 e. The molecule has 0 bridgehead atoms. The summed E-state index contributed by atoms with van der Waals surface area (Å²) in [6.07, 6.45) is 9.06. The number of benzene rings is 1. The summed E-state index contributed by atoms with van der Waals surface area (Å²) in [5.41, 5.74) is 2.49. The summed E-state index contributed by atoms with van der Waals surface area (Å²) in [5.74, 6) is 0.877. The SMILES string of the molecule is CN(C)c1ccc(-c2cnc(CNCC3CCCCC3)s2)cc1. The van der Waals surface area contributed by atoms with Crippen LogP contribution in [0.15, 0.2) is 30.5 Å². The van der Waals surface area contributed by atoms with E-state index in [1.54, 1.807) is 11.3 Å². The van der Waals surface area contributed by atoms with Gasteiger partial charge in [-0.15, -0.1) is 11.3 Å². The lowest BCUT2D eigenvalue weighted by atomic mass is 9.89. The van der Waals surface area contributed by atoms with Crippen molar-refractivity contribution in [1.82, 2.24) is 10.3 Å². The first-order chi connectivity index (χ1) is 11.2. The van der Waals surface area contributed by atoms with Crippen LogP contribution in [0.3, 0.4) is 0 Å². The standard InChI is InChI=1S/C19H27N3S/c1-22(2)17-10-8-16(9-11-17)18-13-21-19(23-18)14-20-12-15-6-4-3-5-7-15/h8-11,13,15,20H,3-7,12,14H2,1-2H3. The molecule has 1 aliphatic rings. The van der Waals surface area contributed by atoms with Crippen molar-refractivity contribution >= 4 is 17.0 Å². The van der Waals surface area contributed by atoms with E-state index in [1.807, 2.05) is 6.20 Å².